The van der Waals surface area contributed by atoms with Crippen molar-refractivity contribution in [2.45, 2.75) is 45.3 Å². The van der Waals surface area contributed by atoms with Gasteiger partial charge in [0.05, 0.1) is 23.8 Å². The van der Waals surface area contributed by atoms with Crippen LogP contribution in [0, 0.1) is 25.7 Å². The van der Waals surface area contributed by atoms with Gasteiger partial charge < -0.3 is 24.2 Å². The number of carbonyl (C=O) groups is 2. The minimum Gasteiger partial charge on any atom is -0.381 e. The lowest BCUT2D eigenvalue weighted by Gasteiger charge is -2.23. The van der Waals surface area contributed by atoms with Crippen LogP contribution in [0.15, 0.2) is 4.52 Å². The number of nitrogens with one attached hydrogen (secondary N) is 1. The van der Waals surface area contributed by atoms with E-state index < -0.39 is 0 Å². The molecule has 0 spiro atoms. The van der Waals surface area contributed by atoms with Crippen molar-refractivity contribution in [1.29, 1.82) is 0 Å². The van der Waals surface area contributed by atoms with Gasteiger partial charge in [0.15, 0.2) is 0 Å². The van der Waals surface area contributed by atoms with E-state index in [4.69, 9.17) is 14.0 Å². The number of carbonyl (C=O) groups excluding carboxylic acids is 2. The van der Waals surface area contributed by atoms with Gasteiger partial charge in [0.2, 0.25) is 5.91 Å². The highest BCUT2D eigenvalue weighted by Gasteiger charge is 2.51. The van der Waals surface area contributed by atoms with Crippen molar-refractivity contribution in [3.63, 3.8) is 0 Å². The summed E-state index contributed by atoms with van der Waals surface area (Å²) in [7, 11) is 0. The molecule has 4 heterocycles. The molecule has 0 radical (unpaired) electrons. The smallest absolute Gasteiger partial charge is 0.259 e. The molecule has 3 aliphatic heterocycles. The monoisotopic (exact) mass is 377 g/mol. The van der Waals surface area contributed by atoms with Crippen LogP contribution in [0.2, 0.25) is 0 Å². The van der Waals surface area contributed by atoms with E-state index in [2.05, 4.69) is 10.5 Å². The van der Waals surface area contributed by atoms with Crippen LogP contribution in [0.5, 0.6) is 0 Å². The molecule has 3 saturated heterocycles. The van der Waals surface area contributed by atoms with Crippen LogP contribution in [0.1, 0.15) is 41.1 Å². The predicted molar refractivity (Wildman–Crippen MR) is 95.2 cm³/mol. The molecule has 3 fully saturated rings. The number of fused-ring (bicyclic) bond motifs is 1. The second-order valence-electron chi connectivity index (χ2n) is 7.76. The normalized spacial score (nSPS) is 28.4. The lowest BCUT2D eigenvalue weighted by molar-refractivity contribution is -0.128. The summed E-state index contributed by atoms with van der Waals surface area (Å²) in [6.45, 7) is 6.63. The molecule has 148 valence electrons. The molecule has 3 atom stereocenters. The SMILES string of the molecule is Cc1noc(C)c1C(=O)N1C[C@H](C(=O)NCC2CCOCC2)[C@H]2OCC[C@@H]21. The zero-order valence-electron chi connectivity index (χ0n) is 15.9. The van der Waals surface area contributed by atoms with Gasteiger partial charge in [0, 0.05) is 32.9 Å². The number of likely N-dealkylation sites (tertiary alicyclic amines) is 1. The van der Waals surface area contributed by atoms with E-state index >= 15 is 0 Å². The zero-order chi connectivity index (χ0) is 19.0. The summed E-state index contributed by atoms with van der Waals surface area (Å²) in [5.74, 6) is 0.505. The Morgan fingerprint density at radius 3 is 2.67 bits per heavy atom. The molecule has 0 aromatic carbocycles. The first-order valence-electron chi connectivity index (χ1n) is 9.77. The second-order valence-corrected chi connectivity index (χ2v) is 7.76. The molecule has 3 aliphatic rings. The third kappa shape index (κ3) is 3.48. The van der Waals surface area contributed by atoms with Gasteiger partial charge in [-0.05, 0) is 39.0 Å². The minimum absolute atomic E-state index is 0.0209. The van der Waals surface area contributed by atoms with Gasteiger partial charge in [-0.15, -0.1) is 0 Å². The Balaban J connectivity index is 1.44. The van der Waals surface area contributed by atoms with Crippen LogP contribution in [-0.2, 0) is 14.3 Å². The highest BCUT2D eigenvalue weighted by molar-refractivity contribution is 5.97. The molecule has 2 amide bonds. The van der Waals surface area contributed by atoms with E-state index in [9.17, 15) is 9.59 Å². The first kappa shape index (κ1) is 18.4. The maximum atomic E-state index is 13.1. The molecule has 4 rings (SSSR count). The summed E-state index contributed by atoms with van der Waals surface area (Å²) in [6.07, 6.45) is 2.47. The molecule has 27 heavy (non-hydrogen) atoms. The Morgan fingerprint density at radius 2 is 1.96 bits per heavy atom. The fourth-order valence-electron chi connectivity index (χ4n) is 4.49. The Hall–Kier alpha value is -1.93. The van der Waals surface area contributed by atoms with Crippen molar-refractivity contribution < 1.29 is 23.6 Å². The first-order chi connectivity index (χ1) is 13.1. The van der Waals surface area contributed by atoms with Gasteiger partial charge in [-0.3, -0.25) is 9.59 Å². The predicted octanol–water partition coefficient (Wildman–Crippen LogP) is 1.06. The summed E-state index contributed by atoms with van der Waals surface area (Å²) < 4.78 is 16.4. The van der Waals surface area contributed by atoms with E-state index in [-0.39, 0.29) is 29.9 Å². The minimum atomic E-state index is -0.332. The Labute approximate surface area is 158 Å². The topological polar surface area (TPSA) is 93.9 Å². The number of nitrogens with zero attached hydrogens (tertiary/aromatic N) is 2. The highest BCUT2D eigenvalue weighted by atomic mass is 16.5. The van der Waals surface area contributed by atoms with Crippen molar-refractivity contribution in [2.75, 3.05) is 32.9 Å². The Kier molecular flexibility index (Phi) is 5.19. The van der Waals surface area contributed by atoms with Crippen molar-refractivity contribution >= 4 is 11.8 Å². The van der Waals surface area contributed by atoms with Gasteiger partial charge >= 0.3 is 0 Å². The van der Waals surface area contributed by atoms with E-state index in [1.165, 1.54) is 0 Å². The fourth-order valence-corrected chi connectivity index (χ4v) is 4.49. The third-order valence-electron chi connectivity index (χ3n) is 6.04. The quantitative estimate of drug-likeness (QED) is 0.843. The van der Waals surface area contributed by atoms with E-state index in [1.807, 2.05) is 0 Å². The molecule has 1 aromatic heterocycles. The number of hydrogen-bond donors (Lipinski definition) is 1. The standard InChI is InChI=1S/C19H27N3O5/c1-11-16(12(2)27-21-11)19(24)22-10-14(17-15(22)5-8-26-17)18(23)20-9-13-3-6-25-7-4-13/h13-15,17H,3-10H2,1-2H3,(H,20,23)/t14-,15-,17+/m0/s1. The molecule has 8 heteroatoms. The van der Waals surface area contributed by atoms with E-state index in [0.29, 0.717) is 42.6 Å². The van der Waals surface area contributed by atoms with Gasteiger partial charge in [-0.25, -0.2) is 0 Å². The average Bonchev–Trinajstić information content (AvgIpc) is 3.36. The van der Waals surface area contributed by atoms with E-state index in [0.717, 1.165) is 32.5 Å². The summed E-state index contributed by atoms with van der Waals surface area (Å²) in [4.78, 5) is 27.7. The van der Waals surface area contributed by atoms with Crippen LogP contribution < -0.4 is 5.32 Å². The van der Waals surface area contributed by atoms with Crippen LogP contribution in [0.25, 0.3) is 0 Å². The van der Waals surface area contributed by atoms with Gasteiger partial charge in [0.1, 0.15) is 11.3 Å². The summed E-state index contributed by atoms with van der Waals surface area (Å²) in [5.41, 5.74) is 1.09. The van der Waals surface area contributed by atoms with Crippen molar-refractivity contribution in [3.8, 4) is 0 Å². The summed E-state index contributed by atoms with van der Waals surface area (Å²) in [5, 5.41) is 6.97. The molecule has 0 bridgehead atoms. The maximum Gasteiger partial charge on any atom is 0.259 e. The van der Waals surface area contributed by atoms with Crippen LogP contribution >= 0.6 is 0 Å². The van der Waals surface area contributed by atoms with Crippen molar-refractivity contribution in [3.05, 3.63) is 17.0 Å². The first-order valence-corrected chi connectivity index (χ1v) is 9.77. The molecule has 1 N–H and O–H groups in total. The number of ether oxygens (including phenoxy) is 2. The van der Waals surface area contributed by atoms with Crippen molar-refractivity contribution in [2.24, 2.45) is 11.8 Å². The van der Waals surface area contributed by atoms with Crippen LogP contribution in [0.4, 0.5) is 0 Å². The number of amides is 2. The van der Waals surface area contributed by atoms with Crippen LogP contribution in [0.3, 0.4) is 0 Å². The van der Waals surface area contributed by atoms with Crippen molar-refractivity contribution in [1.82, 2.24) is 15.4 Å². The molecule has 0 aliphatic carbocycles. The molecular formula is C19H27N3O5. The average molecular weight is 377 g/mol. The van der Waals surface area contributed by atoms with Gasteiger partial charge in [0.25, 0.3) is 5.91 Å². The van der Waals surface area contributed by atoms with Gasteiger partial charge in [-0.2, -0.15) is 0 Å². The third-order valence-corrected chi connectivity index (χ3v) is 6.04. The fraction of sp³-hybridized carbons (Fsp3) is 0.737. The van der Waals surface area contributed by atoms with Crippen LogP contribution in [-0.4, -0.2) is 66.9 Å². The number of aryl methyl sites for hydroxylation is 2. The second kappa shape index (κ2) is 7.59. The lowest BCUT2D eigenvalue weighted by atomic mass is 9.98. The number of aromatic nitrogens is 1. The number of rotatable bonds is 4. The van der Waals surface area contributed by atoms with E-state index in [1.54, 1.807) is 18.7 Å². The molecular weight excluding hydrogens is 350 g/mol. The molecule has 0 unspecified atom stereocenters. The summed E-state index contributed by atoms with van der Waals surface area (Å²) >= 11 is 0. The number of hydrogen-bond acceptors (Lipinski definition) is 6. The maximum absolute atomic E-state index is 13.1. The summed E-state index contributed by atoms with van der Waals surface area (Å²) in [6, 6.07) is -0.0648. The van der Waals surface area contributed by atoms with Gasteiger partial charge in [-0.1, -0.05) is 5.16 Å². The Morgan fingerprint density at radius 1 is 1.19 bits per heavy atom. The molecule has 1 aromatic rings. The highest BCUT2D eigenvalue weighted by Crippen LogP contribution is 2.35. The largest absolute Gasteiger partial charge is 0.381 e. The lowest BCUT2D eigenvalue weighted by Crippen LogP contribution is -2.40. The zero-order valence-corrected chi connectivity index (χ0v) is 15.9. The Bertz CT molecular complexity index is 693. The molecule has 8 nitrogen and oxygen atoms in total. The molecule has 0 saturated carbocycles.